The SMILES string of the molecule is CC=CC(NC(=O)O)S(=O)(=O)C(C)c1ccc(C#N)cc1. The van der Waals surface area contributed by atoms with E-state index in [0.717, 1.165) is 0 Å². The van der Waals surface area contributed by atoms with Crippen LogP contribution in [-0.2, 0) is 9.84 Å². The summed E-state index contributed by atoms with van der Waals surface area (Å²) >= 11 is 0. The summed E-state index contributed by atoms with van der Waals surface area (Å²) in [6.45, 7) is 3.09. The second-order valence-electron chi connectivity index (χ2n) is 4.36. The van der Waals surface area contributed by atoms with E-state index in [1.54, 1.807) is 19.1 Å². The molecule has 2 N–H and O–H groups in total. The lowest BCUT2D eigenvalue weighted by molar-refractivity contribution is 0.194. The molecule has 0 aliphatic heterocycles. The van der Waals surface area contributed by atoms with Gasteiger partial charge in [0.1, 0.15) is 0 Å². The molecule has 0 heterocycles. The Labute approximate surface area is 123 Å². The van der Waals surface area contributed by atoms with E-state index in [-0.39, 0.29) is 0 Å². The molecule has 2 atom stereocenters. The number of amides is 1. The summed E-state index contributed by atoms with van der Waals surface area (Å²) in [6, 6.07) is 8.10. The van der Waals surface area contributed by atoms with Gasteiger partial charge in [0.25, 0.3) is 0 Å². The molecule has 0 spiro atoms. The first-order chi connectivity index (χ1) is 9.82. The fourth-order valence-electron chi connectivity index (χ4n) is 1.77. The van der Waals surface area contributed by atoms with Crippen LogP contribution >= 0.6 is 0 Å². The third-order valence-electron chi connectivity index (χ3n) is 2.99. The number of hydrogen-bond acceptors (Lipinski definition) is 4. The summed E-state index contributed by atoms with van der Waals surface area (Å²) in [5.74, 6) is 0. The van der Waals surface area contributed by atoms with Crippen molar-refractivity contribution in [3.05, 3.63) is 47.5 Å². The van der Waals surface area contributed by atoms with Crippen LogP contribution in [0.3, 0.4) is 0 Å². The Kier molecular flexibility index (Phi) is 5.50. The second kappa shape index (κ2) is 6.90. The van der Waals surface area contributed by atoms with Gasteiger partial charge in [0.15, 0.2) is 15.2 Å². The number of sulfone groups is 1. The van der Waals surface area contributed by atoms with Crippen molar-refractivity contribution in [1.82, 2.24) is 5.32 Å². The van der Waals surface area contributed by atoms with Crippen LogP contribution in [0.25, 0.3) is 0 Å². The summed E-state index contributed by atoms with van der Waals surface area (Å²) in [6.07, 6.45) is 1.35. The van der Waals surface area contributed by atoms with E-state index in [9.17, 15) is 13.2 Å². The minimum Gasteiger partial charge on any atom is -0.465 e. The van der Waals surface area contributed by atoms with Crippen LogP contribution in [0.4, 0.5) is 4.79 Å². The first kappa shape index (κ1) is 16.7. The topological polar surface area (TPSA) is 107 Å². The standard InChI is InChI=1S/C14H16N2O4S/c1-3-4-13(16-14(17)18)21(19,20)10(2)12-7-5-11(9-15)6-8-12/h3-8,10,13,16H,1-2H3,(H,17,18). The molecule has 1 aromatic rings. The van der Waals surface area contributed by atoms with Crippen LogP contribution in [0.15, 0.2) is 36.4 Å². The summed E-state index contributed by atoms with van der Waals surface area (Å²) in [7, 11) is -3.79. The molecule has 0 aliphatic rings. The maximum Gasteiger partial charge on any atom is 0.405 e. The molecule has 0 aromatic heterocycles. The number of nitrogens with zero attached hydrogens (tertiary/aromatic N) is 1. The van der Waals surface area contributed by atoms with Crippen LogP contribution in [0.2, 0.25) is 0 Å². The van der Waals surface area contributed by atoms with Crippen LogP contribution in [0, 0.1) is 11.3 Å². The first-order valence-corrected chi connectivity index (χ1v) is 7.79. The highest BCUT2D eigenvalue weighted by Gasteiger charge is 2.31. The van der Waals surface area contributed by atoms with Crippen LogP contribution in [-0.4, -0.2) is 25.0 Å². The Morgan fingerprint density at radius 1 is 1.38 bits per heavy atom. The predicted octanol–water partition coefficient (Wildman–Crippen LogP) is 2.20. The molecule has 6 nitrogen and oxygen atoms in total. The monoisotopic (exact) mass is 308 g/mol. The predicted molar refractivity (Wildman–Crippen MR) is 78.3 cm³/mol. The summed E-state index contributed by atoms with van der Waals surface area (Å²) in [5, 5.41) is 17.2. The zero-order valence-electron chi connectivity index (χ0n) is 11.6. The van der Waals surface area contributed by atoms with Crippen molar-refractivity contribution in [1.29, 1.82) is 5.26 Å². The molecule has 1 aromatic carbocycles. The van der Waals surface area contributed by atoms with Gasteiger partial charge in [0.05, 0.1) is 16.9 Å². The lowest BCUT2D eigenvalue weighted by atomic mass is 10.1. The minimum absolute atomic E-state index is 0.428. The van der Waals surface area contributed by atoms with Crippen LogP contribution in [0.1, 0.15) is 30.2 Å². The lowest BCUT2D eigenvalue weighted by Crippen LogP contribution is -2.40. The highest BCUT2D eigenvalue weighted by molar-refractivity contribution is 7.92. The van der Waals surface area contributed by atoms with Crippen LogP contribution < -0.4 is 5.32 Å². The highest BCUT2D eigenvalue weighted by atomic mass is 32.2. The maximum atomic E-state index is 12.5. The number of nitrogens with one attached hydrogen (secondary N) is 1. The smallest absolute Gasteiger partial charge is 0.405 e. The fourth-order valence-corrected chi connectivity index (χ4v) is 3.39. The van der Waals surface area contributed by atoms with Gasteiger partial charge in [-0.15, -0.1) is 0 Å². The maximum absolute atomic E-state index is 12.5. The van der Waals surface area contributed by atoms with E-state index >= 15 is 0 Å². The molecule has 0 radical (unpaired) electrons. The van der Waals surface area contributed by atoms with E-state index in [1.165, 1.54) is 31.2 Å². The van der Waals surface area contributed by atoms with Crippen molar-refractivity contribution in [2.45, 2.75) is 24.5 Å². The van der Waals surface area contributed by atoms with Gasteiger partial charge in [-0.3, -0.25) is 0 Å². The van der Waals surface area contributed by atoms with Gasteiger partial charge < -0.3 is 10.4 Å². The summed E-state index contributed by atoms with van der Waals surface area (Å²) in [5.41, 5.74) is 0.924. The minimum atomic E-state index is -3.79. The van der Waals surface area contributed by atoms with E-state index < -0.39 is 26.6 Å². The van der Waals surface area contributed by atoms with Crippen molar-refractivity contribution >= 4 is 15.9 Å². The number of rotatable bonds is 5. The Balaban J connectivity index is 3.13. The molecule has 21 heavy (non-hydrogen) atoms. The Bertz CT molecular complexity index is 672. The third-order valence-corrected chi connectivity index (χ3v) is 5.23. The molecule has 2 unspecified atom stereocenters. The van der Waals surface area contributed by atoms with E-state index in [2.05, 4.69) is 0 Å². The van der Waals surface area contributed by atoms with Gasteiger partial charge >= 0.3 is 6.09 Å². The van der Waals surface area contributed by atoms with Gasteiger partial charge in [0.2, 0.25) is 0 Å². The molecule has 1 rings (SSSR count). The second-order valence-corrected chi connectivity index (χ2v) is 6.75. The quantitative estimate of drug-likeness (QED) is 0.811. The average molecular weight is 308 g/mol. The van der Waals surface area contributed by atoms with Gasteiger partial charge in [-0.05, 0) is 31.5 Å². The Morgan fingerprint density at radius 2 is 1.95 bits per heavy atom. The molecular formula is C14H16N2O4S. The Hall–Kier alpha value is -2.33. The van der Waals surface area contributed by atoms with E-state index in [1.807, 2.05) is 11.4 Å². The fraction of sp³-hybridized carbons (Fsp3) is 0.286. The molecule has 0 fully saturated rings. The molecule has 0 bridgehead atoms. The average Bonchev–Trinajstić information content (AvgIpc) is 2.45. The summed E-state index contributed by atoms with van der Waals surface area (Å²) < 4.78 is 24.9. The van der Waals surface area contributed by atoms with Crippen molar-refractivity contribution in [2.75, 3.05) is 0 Å². The first-order valence-electron chi connectivity index (χ1n) is 6.18. The number of benzene rings is 1. The number of nitriles is 1. The number of hydrogen-bond donors (Lipinski definition) is 2. The molecule has 0 saturated heterocycles. The molecule has 112 valence electrons. The van der Waals surface area contributed by atoms with Gasteiger partial charge in [-0.25, -0.2) is 13.2 Å². The normalized spacial score (nSPS) is 14.3. The zero-order valence-corrected chi connectivity index (χ0v) is 12.5. The zero-order chi connectivity index (χ0) is 16.0. The largest absolute Gasteiger partial charge is 0.465 e. The van der Waals surface area contributed by atoms with Gasteiger partial charge in [-0.1, -0.05) is 24.3 Å². The van der Waals surface area contributed by atoms with Gasteiger partial charge in [-0.2, -0.15) is 5.26 Å². The third kappa shape index (κ3) is 4.07. The molecular weight excluding hydrogens is 292 g/mol. The van der Waals surface area contributed by atoms with Gasteiger partial charge in [0, 0.05) is 0 Å². The number of carbonyl (C=O) groups is 1. The Morgan fingerprint density at radius 3 is 2.38 bits per heavy atom. The van der Waals surface area contributed by atoms with E-state index in [4.69, 9.17) is 10.4 Å². The molecule has 0 saturated carbocycles. The summed E-state index contributed by atoms with van der Waals surface area (Å²) in [4.78, 5) is 10.7. The number of carboxylic acid groups (broad SMARTS) is 1. The van der Waals surface area contributed by atoms with Crippen molar-refractivity contribution in [3.8, 4) is 6.07 Å². The van der Waals surface area contributed by atoms with Crippen LogP contribution in [0.5, 0.6) is 0 Å². The van der Waals surface area contributed by atoms with Crippen molar-refractivity contribution in [3.63, 3.8) is 0 Å². The van der Waals surface area contributed by atoms with E-state index in [0.29, 0.717) is 11.1 Å². The van der Waals surface area contributed by atoms with Crippen molar-refractivity contribution < 1.29 is 18.3 Å². The highest BCUT2D eigenvalue weighted by Crippen LogP contribution is 2.25. The van der Waals surface area contributed by atoms with Crippen molar-refractivity contribution in [2.24, 2.45) is 0 Å². The molecule has 0 aliphatic carbocycles. The lowest BCUT2D eigenvalue weighted by Gasteiger charge is -2.19. The molecule has 7 heteroatoms. The molecule has 1 amide bonds. The number of allylic oxidation sites excluding steroid dienone is 1.